The lowest BCUT2D eigenvalue weighted by molar-refractivity contribution is -0.384. The first-order chi connectivity index (χ1) is 9.93. The lowest BCUT2D eigenvalue weighted by atomic mass is 9.96. The van der Waals surface area contributed by atoms with E-state index >= 15 is 0 Å². The van der Waals surface area contributed by atoms with Gasteiger partial charge in [0.25, 0.3) is 5.69 Å². The first-order valence-electron chi connectivity index (χ1n) is 6.40. The van der Waals surface area contributed by atoms with Crippen molar-refractivity contribution in [2.24, 2.45) is 5.92 Å². The molecule has 1 aromatic carbocycles. The number of esters is 1. The number of benzene rings is 1. The molecular weight excluding hydrogens is 303 g/mol. The van der Waals surface area contributed by atoms with Gasteiger partial charge in [0.1, 0.15) is 11.5 Å². The number of halogens is 2. The third kappa shape index (κ3) is 3.24. The molecule has 0 N–H and O–H groups in total. The first-order valence-corrected chi connectivity index (χ1v) is 6.78. The van der Waals surface area contributed by atoms with Crippen LogP contribution in [-0.2, 0) is 9.53 Å². The molecule has 21 heavy (non-hydrogen) atoms. The van der Waals surface area contributed by atoms with Crippen LogP contribution in [0.1, 0.15) is 12.8 Å². The Hall–Kier alpha value is -1.89. The Balaban J connectivity index is 2.22. The molecular formula is C13H14ClFN2O4. The summed E-state index contributed by atoms with van der Waals surface area (Å²) in [6.07, 6.45) is 1.02. The van der Waals surface area contributed by atoms with E-state index in [-0.39, 0.29) is 28.3 Å². The zero-order valence-electron chi connectivity index (χ0n) is 11.3. The number of anilines is 1. The Bertz CT molecular complexity index is 574. The topological polar surface area (TPSA) is 72.7 Å². The largest absolute Gasteiger partial charge is 0.469 e. The van der Waals surface area contributed by atoms with Gasteiger partial charge in [0.2, 0.25) is 0 Å². The standard InChI is InChI=1S/C13H14ClFN2O4/c1-21-13(18)8-2-4-16(5-3-8)11-7-10(15)9(14)6-12(11)17(19)20/h6-8H,2-5H2,1H3. The quantitative estimate of drug-likeness (QED) is 0.487. The van der Waals surface area contributed by atoms with Crippen LogP contribution in [-0.4, -0.2) is 31.1 Å². The molecule has 0 unspecified atom stereocenters. The van der Waals surface area contributed by atoms with Crippen molar-refractivity contribution in [3.8, 4) is 0 Å². The van der Waals surface area contributed by atoms with Crippen molar-refractivity contribution in [3.63, 3.8) is 0 Å². The molecule has 0 aliphatic carbocycles. The summed E-state index contributed by atoms with van der Waals surface area (Å²) in [6.45, 7) is 0.837. The van der Waals surface area contributed by atoms with Crippen LogP contribution in [0.25, 0.3) is 0 Å². The minimum atomic E-state index is -0.702. The second kappa shape index (κ2) is 6.26. The molecule has 0 radical (unpaired) electrons. The fourth-order valence-corrected chi connectivity index (χ4v) is 2.61. The number of carbonyl (C=O) groups is 1. The SMILES string of the molecule is COC(=O)C1CCN(c2cc(F)c(Cl)cc2[N+](=O)[O-])CC1. The van der Waals surface area contributed by atoms with Gasteiger partial charge >= 0.3 is 5.97 Å². The summed E-state index contributed by atoms with van der Waals surface area (Å²) in [5, 5.41) is 10.8. The highest BCUT2D eigenvalue weighted by molar-refractivity contribution is 6.31. The van der Waals surface area contributed by atoms with Crippen molar-refractivity contribution >= 4 is 28.9 Å². The summed E-state index contributed by atoms with van der Waals surface area (Å²) in [4.78, 5) is 23.6. The van der Waals surface area contributed by atoms with E-state index in [4.69, 9.17) is 11.6 Å². The Kier molecular flexibility index (Phi) is 4.62. The number of ether oxygens (including phenoxy) is 1. The number of piperidine rings is 1. The molecule has 6 nitrogen and oxygen atoms in total. The average Bonchev–Trinajstić information content (AvgIpc) is 2.48. The van der Waals surface area contributed by atoms with E-state index in [0.717, 1.165) is 12.1 Å². The van der Waals surface area contributed by atoms with E-state index in [0.29, 0.717) is 25.9 Å². The van der Waals surface area contributed by atoms with Gasteiger partial charge in [-0.15, -0.1) is 0 Å². The minimum absolute atomic E-state index is 0.185. The molecule has 1 heterocycles. The molecule has 114 valence electrons. The van der Waals surface area contributed by atoms with Gasteiger partial charge < -0.3 is 9.64 Å². The molecule has 0 spiro atoms. The van der Waals surface area contributed by atoms with E-state index in [1.54, 1.807) is 4.90 Å². The zero-order valence-corrected chi connectivity index (χ0v) is 12.1. The smallest absolute Gasteiger partial charge is 0.308 e. The Morgan fingerprint density at radius 1 is 1.48 bits per heavy atom. The fourth-order valence-electron chi connectivity index (χ4n) is 2.45. The van der Waals surface area contributed by atoms with Crippen LogP contribution in [0.2, 0.25) is 5.02 Å². The van der Waals surface area contributed by atoms with Gasteiger partial charge in [0.05, 0.1) is 23.0 Å². The molecule has 0 bridgehead atoms. The molecule has 2 rings (SSSR count). The number of rotatable bonds is 3. The Labute approximate surface area is 125 Å². The molecule has 0 amide bonds. The predicted molar refractivity (Wildman–Crippen MR) is 75.0 cm³/mol. The van der Waals surface area contributed by atoms with Gasteiger partial charge in [-0.2, -0.15) is 0 Å². The molecule has 0 aromatic heterocycles. The summed E-state index contributed by atoms with van der Waals surface area (Å²) >= 11 is 5.59. The molecule has 1 aliphatic heterocycles. The van der Waals surface area contributed by atoms with Crippen molar-refractivity contribution in [1.29, 1.82) is 0 Å². The Morgan fingerprint density at radius 3 is 2.62 bits per heavy atom. The molecule has 0 atom stereocenters. The maximum absolute atomic E-state index is 13.6. The zero-order chi connectivity index (χ0) is 15.6. The molecule has 0 saturated carbocycles. The van der Waals surface area contributed by atoms with Crippen LogP contribution in [0.5, 0.6) is 0 Å². The average molecular weight is 317 g/mol. The fraction of sp³-hybridized carbons (Fsp3) is 0.462. The van der Waals surface area contributed by atoms with Gasteiger partial charge in [-0.05, 0) is 12.8 Å². The summed E-state index contributed by atoms with van der Waals surface area (Å²) < 4.78 is 18.3. The first kappa shape index (κ1) is 15.5. The molecule has 1 saturated heterocycles. The van der Waals surface area contributed by atoms with Gasteiger partial charge in [-0.3, -0.25) is 14.9 Å². The van der Waals surface area contributed by atoms with E-state index in [1.165, 1.54) is 7.11 Å². The van der Waals surface area contributed by atoms with Crippen LogP contribution >= 0.6 is 11.6 Å². The lowest BCUT2D eigenvalue weighted by Crippen LogP contribution is -2.37. The van der Waals surface area contributed by atoms with Crippen molar-refractivity contribution in [3.05, 3.63) is 33.1 Å². The lowest BCUT2D eigenvalue weighted by Gasteiger charge is -2.32. The van der Waals surface area contributed by atoms with Crippen molar-refractivity contribution in [2.45, 2.75) is 12.8 Å². The summed E-state index contributed by atoms with van der Waals surface area (Å²) in [7, 11) is 1.33. The maximum atomic E-state index is 13.6. The number of nitro benzene ring substituents is 1. The van der Waals surface area contributed by atoms with Gasteiger partial charge in [-0.1, -0.05) is 11.6 Å². The predicted octanol–water partition coefficient (Wildman–Crippen LogP) is 2.78. The van der Waals surface area contributed by atoms with E-state index in [1.807, 2.05) is 0 Å². The van der Waals surface area contributed by atoms with Crippen LogP contribution in [0.15, 0.2) is 12.1 Å². The Morgan fingerprint density at radius 2 is 2.10 bits per heavy atom. The van der Waals surface area contributed by atoms with Gasteiger partial charge in [-0.25, -0.2) is 4.39 Å². The van der Waals surface area contributed by atoms with Crippen LogP contribution in [0.3, 0.4) is 0 Å². The second-order valence-corrected chi connectivity index (χ2v) is 5.20. The molecule has 8 heteroatoms. The number of hydrogen-bond acceptors (Lipinski definition) is 5. The highest BCUT2D eigenvalue weighted by atomic mass is 35.5. The van der Waals surface area contributed by atoms with Crippen LogP contribution in [0, 0.1) is 21.8 Å². The second-order valence-electron chi connectivity index (χ2n) is 4.80. The third-order valence-electron chi connectivity index (χ3n) is 3.58. The molecule has 1 aliphatic rings. The summed E-state index contributed by atoms with van der Waals surface area (Å²) in [6, 6.07) is 2.08. The van der Waals surface area contributed by atoms with E-state index in [9.17, 15) is 19.3 Å². The van der Waals surface area contributed by atoms with Crippen molar-refractivity contribution < 1.29 is 18.8 Å². The molecule has 1 fully saturated rings. The maximum Gasteiger partial charge on any atom is 0.308 e. The van der Waals surface area contributed by atoms with E-state index in [2.05, 4.69) is 4.74 Å². The van der Waals surface area contributed by atoms with Gasteiger partial charge in [0, 0.05) is 25.2 Å². The van der Waals surface area contributed by atoms with Crippen LogP contribution in [0.4, 0.5) is 15.8 Å². The van der Waals surface area contributed by atoms with Crippen molar-refractivity contribution in [2.75, 3.05) is 25.1 Å². The highest BCUT2D eigenvalue weighted by Gasteiger charge is 2.29. The number of carbonyl (C=O) groups excluding carboxylic acids is 1. The third-order valence-corrected chi connectivity index (χ3v) is 3.87. The monoisotopic (exact) mass is 316 g/mol. The van der Waals surface area contributed by atoms with E-state index < -0.39 is 10.7 Å². The van der Waals surface area contributed by atoms with Crippen molar-refractivity contribution in [1.82, 2.24) is 0 Å². The molecule has 1 aromatic rings. The van der Waals surface area contributed by atoms with Crippen LogP contribution < -0.4 is 4.90 Å². The summed E-state index contributed by atoms with van der Waals surface area (Å²) in [5.74, 6) is -1.21. The van der Waals surface area contributed by atoms with Gasteiger partial charge in [0.15, 0.2) is 0 Å². The number of nitro groups is 1. The number of nitrogens with zero attached hydrogens (tertiary/aromatic N) is 2. The summed E-state index contributed by atoms with van der Waals surface area (Å²) in [5.41, 5.74) is -0.0527. The minimum Gasteiger partial charge on any atom is -0.469 e. The normalized spacial score (nSPS) is 15.9. The number of hydrogen-bond donors (Lipinski definition) is 0. The number of methoxy groups -OCH3 is 1. The highest BCUT2D eigenvalue weighted by Crippen LogP contribution is 2.35.